The summed E-state index contributed by atoms with van der Waals surface area (Å²) in [5.74, 6) is -0.0456. The van der Waals surface area contributed by atoms with E-state index in [1.165, 1.54) is 19.1 Å². The lowest BCUT2D eigenvalue weighted by molar-refractivity contribution is 0.0587. The first kappa shape index (κ1) is 26.0. The highest BCUT2D eigenvalue weighted by Gasteiger charge is 2.33. The quantitative estimate of drug-likeness (QED) is 0.436. The molecule has 2 amide bonds. The molecule has 8 heteroatoms. The number of ether oxygens (including phenoxy) is 2. The molecule has 2 aromatic rings. The van der Waals surface area contributed by atoms with Gasteiger partial charge in [0, 0.05) is 24.3 Å². The molecule has 1 aromatic carbocycles. The lowest BCUT2D eigenvalue weighted by Crippen LogP contribution is -2.47. The molecule has 1 aromatic heterocycles. The first-order chi connectivity index (χ1) is 15.6. The lowest BCUT2D eigenvalue weighted by atomic mass is 9.99. The summed E-state index contributed by atoms with van der Waals surface area (Å²) in [6.07, 6.45) is 0. The molecule has 0 spiro atoms. The zero-order chi connectivity index (χ0) is 24.9. The minimum Gasteiger partial charge on any atom is -0.495 e. The third kappa shape index (κ3) is 5.38. The van der Waals surface area contributed by atoms with Gasteiger partial charge in [-0.1, -0.05) is 26.0 Å². The molecule has 0 saturated heterocycles. The van der Waals surface area contributed by atoms with Gasteiger partial charge in [-0.05, 0) is 51.3 Å². The summed E-state index contributed by atoms with van der Waals surface area (Å²) in [5.41, 5.74) is 2.58. The van der Waals surface area contributed by atoms with Crippen LogP contribution in [0.2, 0.25) is 0 Å². The van der Waals surface area contributed by atoms with Gasteiger partial charge in [0.25, 0.3) is 0 Å². The Morgan fingerprint density at radius 2 is 1.73 bits per heavy atom. The number of esters is 1. The van der Waals surface area contributed by atoms with Crippen molar-refractivity contribution in [3.63, 3.8) is 0 Å². The van der Waals surface area contributed by atoms with Crippen LogP contribution in [-0.2, 0) is 11.3 Å². The predicted molar refractivity (Wildman–Crippen MR) is 128 cm³/mol. The third-order valence-corrected chi connectivity index (χ3v) is 5.73. The number of rotatable bonds is 9. The number of para-hydroxylation sites is 2. The molecule has 0 radical (unpaired) electrons. The number of urea groups is 1. The van der Waals surface area contributed by atoms with E-state index >= 15 is 0 Å². The summed E-state index contributed by atoms with van der Waals surface area (Å²) in [7, 11) is 2.85. The van der Waals surface area contributed by atoms with Crippen LogP contribution in [0.3, 0.4) is 0 Å². The molecule has 2 rings (SSSR count). The molecule has 33 heavy (non-hydrogen) atoms. The number of Topliss-reactive ketones (excluding diaryl/α,β-unsaturated/α-hetero) is 1. The minimum absolute atomic E-state index is 0.136. The number of nitrogens with one attached hydrogen (secondary N) is 1. The lowest BCUT2D eigenvalue weighted by Gasteiger charge is -2.30. The van der Waals surface area contributed by atoms with Crippen LogP contribution >= 0.6 is 0 Å². The summed E-state index contributed by atoms with van der Waals surface area (Å²) in [5, 5.41) is 2.87. The zero-order valence-corrected chi connectivity index (χ0v) is 20.8. The van der Waals surface area contributed by atoms with Gasteiger partial charge in [0.1, 0.15) is 11.4 Å². The topological polar surface area (TPSA) is 89.9 Å². The van der Waals surface area contributed by atoms with Gasteiger partial charge in [-0.3, -0.25) is 4.79 Å². The van der Waals surface area contributed by atoms with Gasteiger partial charge in [-0.25, -0.2) is 9.59 Å². The van der Waals surface area contributed by atoms with Crippen LogP contribution in [0.15, 0.2) is 24.3 Å². The van der Waals surface area contributed by atoms with Crippen LogP contribution in [0.1, 0.15) is 59.8 Å². The van der Waals surface area contributed by atoms with Crippen molar-refractivity contribution in [1.82, 2.24) is 9.47 Å². The second-order valence-electron chi connectivity index (χ2n) is 8.39. The fourth-order valence-electron chi connectivity index (χ4n) is 4.11. The van der Waals surface area contributed by atoms with Gasteiger partial charge in [0.05, 0.1) is 25.9 Å². The van der Waals surface area contributed by atoms with Crippen LogP contribution in [0.5, 0.6) is 5.75 Å². The number of anilines is 1. The van der Waals surface area contributed by atoms with E-state index in [1.54, 1.807) is 36.6 Å². The number of hydrogen-bond acceptors (Lipinski definition) is 5. The Morgan fingerprint density at radius 3 is 2.27 bits per heavy atom. The second-order valence-corrected chi connectivity index (χ2v) is 8.39. The van der Waals surface area contributed by atoms with Crippen molar-refractivity contribution < 1.29 is 23.9 Å². The molecule has 180 valence electrons. The van der Waals surface area contributed by atoms with E-state index < -0.39 is 18.0 Å². The Balaban J connectivity index is 2.45. The zero-order valence-electron chi connectivity index (χ0n) is 20.8. The number of benzene rings is 1. The number of aromatic nitrogens is 1. The van der Waals surface area contributed by atoms with E-state index in [0.29, 0.717) is 47.0 Å². The Hall–Kier alpha value is -3.29. The molecule has 0 aliphatic heterocycles. The van der Waals surface area contributed by atoms with E-state index in [2.05, 4.69) is 5.32 Å². The van der Waals surface area contributed by atoms with Crippen molar-refractivity contribution in [2.75, 3.05) is 26.1 Å². The summed E-state index contributed by atoms with van der Waals surface area (Å²) in [6, 6.07) is 5.97. The number of ketones is 1. The monoisotopic (exact) mass is 457 g/mol. The summed E-state index contributed by atoms with van der Waals surface area (Å²) >= 11 is 0. The Kier molecular flexibility index (Phi) is 8.68. The smallest absolute Gasteiger partial charge is 0.354 e. The van der Waals surface area contributed by atoms with E-state index in [0.717, 1.165) is 0 Å². The largest absolute Gasteiger partial charge is 0.495 e. The van der Waals surface area contributed by atoms with Crippen LogP contribution in [0.25, 0.3) is 0 Å². The molecule has 1 atom stereocenters. The first-order valence-electron chi connectivity index (χ1n) is 11.1. The number of hydrogen-bond donors (Lipinski definition) is 1. The maximum absolute atomic E-state index is 13.7. The fraction of sp³-hybridized carbons (Fsp3) is 0.480. The van der Waals surface area contributed by atoms with Crippen molar-refractivity contribution >= 4 is 23.5 Å². The van der Waals surface area contributed by atoms with Crippen molar-refractivity contribution in [1.29, 1.82) is 0 Å². The second kappa shape index (κ2) is 11.0. The molecular formula is C25H35N3O5. The minimum atomic E-state index is -0.752. The SMILES string of the molecule is CCn1c(C)c(C(=O)C(C)N(CC(C)C)C(=O)Nc2ccccc2OC)c(C)c1C(=O)OC. The fourth-order valence-corrected chi connectivity index (χ4v) is 4.11. The van der Waals surface area contributed by atoms with Crippen LogP contribution in [0.4, 0.5) is 10.5 Å². The molecule has 0 saturated carbocycles. The molecule has 1 N–H and O–H groups in total. The average molecular weight is 458 g/mol. The number of nitrogens with zero attached hydrogens (tertiary/aromatic N) is 2. The third-order valence-electron chi connectivity index (χ3n) is 5.73. The van der Waals surface area contributed by atoms with Crippen molar-refractivity contribution in [3.05, 3.63) is 46.8 Å². The summed E-state index contributed by atoms with van der Waals surface area (Å²) < 4.78 is 12.0. The van der Waals surface area contributed by atoms with Crippen LogP contribution < -0.4 is 10.1 Å². The van der Waals surface area contributed by atoms with Gasteiger partial charge >= 0.3 is 12.0 Å². The molecule has 0 fully saturated rings. The van der Waals surface area contributed by atoms with Crippen molar-refractivity contribution in [3.8, 4) is 5.75 Å². The number of carbonyl (C=O) groups excluding carboxylic acids is 3. The van der Waals surface area contributed by atoms with E-state index in [-0.39, 0.29) is 11.7 Å². The van der Waals surface area contributed by atoms with E-state index in [9.17, 15) is 14.4 Å². The highest BCUT2D eigenvalue weighted by molar-refractivity contribution is 6.07. The van der Waals surface area contributed by atoms with Gasteiger partial charge in [0.15, 0.2) is 5.78 Å². The molecule has 0 aliphatic carbocycles. The van der Waals surface area contributed by atoms with Crippen LogP contribution in [-0.4, -0.2) is 54.1 Å². The van der Waals surface area contributed by atoms with Crippen molar-refractivity contribution in [2.45, 2.75) is 54.1 Å². The predicted octanol–water partition coefficient (Wildman–Crippen LogP) is 4.68. The maximum atomic E-state index is 13.7. The molecular weight excluding hydrogens is 422 g/mol. The number of carbonyl (C=O) groups is 3. The van der Waals surface area contributed by atoms with Gasteiger partial charge in [0.2, 0.25) is 0 Å². The standard InChI is InChI=1S/C25H35N3O5/c1-9-27-17(5)21(16(4)22(27)24(30)33-8)23(29)18(6)28(14-15(2)3)25(31)26-19-12-10-11-13-20(19)32-7/h10-13,15,18H,9,14H2,1-8H3,(H,26,31). The number of amides is 2. The molecule has 0 aliphatic rings. The van der Waals surface area contributed by atoms with Gasteiger partial charge in [-0.2, -0.15) is 0 Å². The Bertz CT molecular complexity index is 1030. The highest BCUT2D eigenvalue weighted by Crippen LogP contribution is 2.27. The molecule has 1 unspecified atom stereocenters. The Labute approximate surface area is 195 Å². The molecule has 1 heterocycles. The van der Waals surface area contributed by atoms with E-state index in [1.807, 2.05) is 33.8 Å². The Morgan fingerprint density at radius 1 is 1.09 bits per heavy atom. The van der Waals surface area contributed by atoms with Crippen LogP contribution in [0, 0.1) is 19.8 Å². The molecule has 0 bridgehead atoms. The summed E-state index contributed by atoms with van der Waals surface area (Å²) in [6.45, 7) is 12.0. The molecule has 8 nitrogen and oxygen atoms in total. The van der Waals surface area contributed by atoms with Gasteiger partial charge < -0.3 is 24.3 Å². The first-order valence-corrected chi connectivity index (χ1v) is 11.1. The summed E-state index contributed by atoms with van der Waals surface area (Å²) in [4.78, 5) is 40.9. The van der Waals surface area contributed by atoms with Gasteiger partial charge in [-0.15, -0.1) is 0 Å². The number of methoxy groups -OCH3 is 2. The normalized spacial score (nSPS) is 11.8. The van der Waals surface area contributed by atoms with E-state index in [4.69, 9.17) is 9.47 Å². The highest BCUT2D eigenvalue weighted by atomic mass is 16.5. The van der Waals surface area contributed by atoms with Crippen molar-refractivity contribution in [2.24, 2.45) is 5.92 Å². The average Bonchev–Trinajstić information content (AvgIpc) is 3.05. The maximum Gasteiger partial charge on any atom is 0.354 e.